The molecule has 7 nitrogen and oxygen atoms in total. The van der Waals surface area contributed by atoms with Crippen LogP contribution in [0.2, 0.25) is 0 Å². The van der Waals surface area contributed by atoms with Gasteiger partial charge in [0.05, 0.1) is 16.3 Å². The average molecular weight is 356 g/mol. The first-order chi connectivity index (χ1) is 12.1. The van der Waals surface area contributed by atoms with Gasteiger partial charge >= 0.3 is 5.69 Å². The minimum Gasteiger partial charge on any atom is -0.332 e. The van der Waals surface area contributed by atoms with Gasteiger partial charge in [0.15, 0.2) is 0 Å². The smallest absolute Gasteiger partial charge is 0.328 e. The van der Waals surface area contributed by atoms with Crippen LogP contribution in [0.1, 0.15) is 23.9 Å². The molecule has 3 heterocycles. The van der Waals surface area contributed by atoms with Gasteiger partial charge in [0, 0.05) is 18.8 Å². The zero-order chi connectivity index (χ0) is 17.4. The lowest BCUT2D eigenvalue weighted by atomic mass is 10.2. The second-order valence-electron chi connectivity index (χ2n) is 6.00. The van der Waals surface area contributed by atoms with Gasteiger partial charge in [-0.05, 0) is 25.0 Å². The molecule has 0 spiro atoms. The van der Waals surface area contributed by atoms with E-state index in [1.165, 1.54) is 16.8 Å². The van der Waals surface area contributed by atoms with E-state index in [1.54, 1.807) is 16.2 Å². The largest absolute Gasteiger partial charge is 0.332 e. The van der Waals surface area contributed by atoms with Gasteiger partial charge in [0.2, 0.25) is 5.91 Å². The number of likely N-dealkylation sites (tertiary alicyclic amines) is 1. The molecule has 0 radical (unpaired) electrons. The Bertz CT molecular complexity index is 1020. The molecule has 1 fully saturated rings. The van der Waals surface area contributed by atoms with Crippen LogP contribution < -0.4 is 11.2 Å². The Balaban J connectivity index is 1.59. The Morgan fingerprint density at radius 2 is 2.12 bits per heavy atom. The summed E-state index contributed by atoms with van der Waals surface area (Å²) in [4.78, 5) is 44.2. The highest BCUT2D eigenvalue weighted by Crippen LogP contribution is 2.36. The Morgan fingerprint density at radius 1 is 1.28 bits per heavy atom. The summed E-state index contributed by atoms with van der Waals surface area (Å²) >= 11 is 1.61. The third-order valence-corrected chi connectivity index (χ3v) is 5.51. The van der Waals surface area contributed by atoms with Crippen molar-refractivity contribution in [2.75, 3.05) is 6.54 Å². The third kappa shape index (κ3) is 3.00. The average Bonchev–Trinajstić information content (AvgIpc) is 3.23. The summed E-state index contributed by atoms with van der Waals surface area (Å²) < 4.78 is 2.32. The number of thiazole rings is 1. The van der Waals surface area contributed by atoms with Crippen molar-refractivity contribution in [3.63, 3.8) is 0 Å². The number of rotatable bonds is 3. The van der Waals surface area contributed by atoms with E-state index in [0.29, 0.717) is 6.54 Å². The van der Waals surface area contributed by atoms with Crippen molar-refractivity contribution in [1.82, 2.24) is 19.4 Å². The number of carbonyl (C=O) groups is 1. The normalized spacial score (nSPS) is 17.3. The van der Waals surface area contributed by atoms with Crippen LogP contribution in [0.4, 0.5) is 0 Å². The van der Waals surface area contributed by atoms with Crippen molar-refractivity contribution in [3.8, 4) is 0 Å². The van der Waals surface area contributed by atoms with Crippen LogP contribution in [0.5, 0.6) is 0 Å². The number of nitrogens with zero attached hydrogens (tertiary/aromatic N) is 3. The lowest BCUT2D eigenvalue weighted by molar-refractivity contribution is -0.132. The Labute approximate surface area is 146 Å². The van der Waals surface area contributed by atoms with Crippen molar-refractivity contribution in [2.24, 2.45) is 0 Å². The van der Waals surface area contributed by atoms with E-state index in [0.717, 1.165) is 28.1 Å². The second kappa shape index (κ2) is 6.29. The molecular formula is C17H16N4O3S. The Morgan fingerprint density at radius 3 is 2.92 bits per heavy atom. The third-order valence-electron chi connectivity index (χ3n) is 4.37. The van der Waals surface area contributed by atoms with Crippen molar-refractivity contribution < 1.29 is 4.79 Å². The van der Waals surface area contributed by atoms with Crippen LogP contribution >= 0.6 is 11.3 Å². The zero-order valence-electron chi connectivity index (χ0n) is 13.3. The van der Waals surface area contributed by atoms with E-state index in [2.05, 4.69) is 9.97 Å². The van der Waals surface area contributed by atoms with Gasteiger partial charge in [-0.15, -0.1) is 11.3 Å². The minimum absolute atomic E-state index is 0.0524. The summed E-state index contributed by atoms with van der Waals surface area (Å²) in [5, 5.41) is 0.931. The second-order valence-corrected chi connectivity index (χ2v) is 7.07. The number of para-hydroxylation sites is 1. The van der Waals surface area contributed by atoms with E-state index in [9.17, 15) is 14.4 Å². The first-order valence-electron chi connectivity index (χ1n) is 8.06. The molecule has 1 aliphatic heterocycles. The molecule has 0 aliphatic carbocycles. The number of hydrogen-bond donors (Lipinski definition) is 1. The summed E-state index contributed by atoms with van der Waals surface area (Å²) in [5.74, 6) is -0.143. The van der Waals surface area contributed by atoms with Crippen LogP contribution in [0.3, 0.4) is 0 Å². The van der Waals surface area contributed by atoms with Crippen molar-refractivity contribution in [2.45, 2.75) is 25.4 Å². The topological polar surface area (TPSA) is 88.1 Å². The molecule has 0 bridgehead atoms. The Hall–Kier alpha value is -2.74. The predicted molar refractivity (Wildman–Crippen MR) is 94.6 cm³/mol. The molecule has 25 heavy (non-hydrogen) atoms. The molecule has 1 saturated heterocycles. The number of nitrogens with one attached hydrogen (secondary N) is 1. The summed E-state index contributed by atoms with van der Waals surface area (Å²) in [6.07, 6.45) is 3.13. The fourth-order valence-corrected chi connectivity index (χ4v) is 4.28. The molecule has 1 amide bonds. The van der Waals surface area contributed by atoms with Crippen LogP contribution in [0, 0.1) is 0 Å². The van der Waals surface area contributed by atoms with Crippen LogP contribution in [0.25, 0.3) is 10.2 Å². The van der Waals surface area contributed by atoms with E-state index in [1.807, 2.05) is 24.3 Å². The summed E-state index contributed by atoms with van der Waals surface area (Å²) in [6.45, 7) is 0.564. The highest BCUT2D eigenvalue weighted by atomic mass is 32.1. The molecule has 8 heteroatoms. The van der Waals surface area contributed by atoms with Crippen molar-refractivity contribution >= 4 is 27.5 Å². The monoisotopic (exact) mass is 356 g/mol. The highest BCUT2D eigenvalue weighted by molar-refractivity contribution is 7.18. The molecule has 3 aromatic rings. The van der Waals surface area contributed by atoms with Gasteiger partial charge < -0.3 is 4.90 Å². The number of H-pyrrole nitrogens is 1. The van der Waals surface area contributed by atoms with Crippen molar-refractivity contribution in [3.05, 3.63) is 62.4 Å². The van der Waals surface area contributed by atoms with Gasteiger partial charge in [-0.2, -0.15) is 0 Å². The van der Waals surface area contributed by atoms with Gasteiger partial charge in [-0.25, -0.2) is 9.78 Å². The van der Waals surface area contributed by atoms with Gasteiger partial charge in [0.25, 0.3) is 5.56 Å². The highest BCUT2D eigenvalue weighted by Gasteiger charge is 2.32. The number of hydrogen-bond acceptors (Lipinski definition) is 5. The number of benzene rings is 1. The maximum absolute atomic E-state index is 12.7. The van der Waals surface area contributed by atoms with Gasteiger partial charge in [-0.1, -0.05) is 12.1 Å². The predicted octanol–water partition coefficient (Wildman–Crippen LogP) is 1.51. The first-order valence-corrected chi connectivity index (χ1v) is 8.88. The van der Waals surface area contributed by atoms with Crippen LogP contribution in [0.15, 0.2) is 46.1 Å². The number of fused-ring (bicyclic) bond motifs is 1. The molecule has 1 unspecified atom stereocenters. The van der Waals surface area contributed by atoms with E-state index < -0.39 is 11.2 Å². The van der Waals surface area contributed by atoms with Gasteiger partial charge in [0.1, 0.15) is 11.6 Å². The standard InChI is InChI=1S/C17H16N4O3S/c22-14-7-9-20(17(24)19-14)10-15(23)21-8-3-5-12(21)16-18-11-4-1-2-6-13(11)25-16/h1-2,4,6-7,9,12H,3,5,8,10H2,(H,19,22,24). The number of aromatic nitrogens is 3. The number of aromatic amines is 1. The fourth-order valence-electron chi connectivity index (χ4n) is 3.16. The fraction of sp³-hybridized carbons (Fsp3) is 0.294. The Kier molecular flexibility index (Phi) is 3.96. The molecule has 128 valence electrons. The SMILES string of the molecule is O=C(Cn1ccc(=O)[nH]c1=O)N1CCCC1c1nc2ccccc2s1. The van der Waals surface area contributed by atoms with E-state index in [-0.39, 0.29) is 18.5 Å². The molecule has 1 aromatic carbocycles. The molecule has 1 aliphatic rings. The quantitative estimate of drug-likeness (QED) is 0.770. The molecule has 1 atom stereocenters. The van der Waals surface area contributed by atoms with Crippen LogP contribution in [-0.4, -0.2) is 31.9 Å². The lowest BCUT2D eigenvalue weighted by Crippen LogP contribution is -2.38. The van der Waals surface area contributed by atoms with Crippen LogP contribution in [-0.2, 0) is 11.3 Å². The van der Waals surface area contributed by atoms with Crippen molar-refractivity contribution in [1.29, 1.82) is 0 Å². The zero-order valence-corrected chi connectivity index (χ0v) is 14.2. The van der Waals surface area contributed by atoms with Gasteiger partial charge in [-0.3, -0.25) is 19.1 Å². The van der Waals surface area contributed by atoms with E-state index >= 15 is 0 Å². The lowest BCUT2D eigenvalue weighted by Gasteiger charge is -2.23. The molecule has 0 saturated carbocycles. The summed E-state index contributed by atoms with van der Waals surface area (Å²) in [6, 6.07) is 9.11. The molecule has 2 aromatic heterocycles. The molecule has 1 N–H and O–H groups in total. The minimum atomic E-state index is -0.573. The summed E-state index contributed by atoms with van der Waals surface area (Å²) in [7, 11) is 0. The summed E-state index contributed by atoms with van der Waals surface area (Å²) in [5.41, 5.74) is -0.0996. The molecular weight excluding hydrogens is 340 g/mol. The maximum atomic E-state index is 12.7. The number of carbonyl (C=O) groups excluding carboxylic acids is 1. The molecule has 4 rings (SSSR count). The van der Waals surface area contributed by atoms with E-state index in [4.69, 9.17) is 0 Å². The first kappa shape index (κ1) is 15.8. The number of amides is 1. The maximum Gasteiger partial charge on any atom is 0.328 e.